The van der Waals surface area contributed by atoms with Gasteiger partial charge in [-0.05, 0) is 36.8 Å². The molecule has 2 N–H and O–H groups in total. The van der Waals surface area contributed by atoms with Crippen LogP contribution in [0.4, 0.5) is 0 Å². The zero-order valence-electron chi connectivity index (χ0n) is 10.9. The Kier molecular flexibility index (Phi) is 3.85. The zero-order valence-corrected chi connectivity index (χ0v) is 10.9. The number of hydrogen-bond acceptors (Lipinski definition) is 2. The minimum Gasteiger partial charge on any atom is -0.384 e. The van der Waals surface area contributed by atoms with Gasteiger partial charge in [0.25, 0.3) is 0 Å². The van der Waals surface area contributed by atoms with Crippen LogP contribution in [0.2, 0.25) is 0 Å². The van der Waals surface area contributed by atoms with E-state index in [2.05, 4.69) is 36.5 Å². The van der Waals surface area contributed by atoms with Gasteiger partial charge in [0.05, 0.1) is 0 Å². The van der Waals surface area contributed by atoms with E-state index in [4.69, 9.17) is 0 Å². The Hall–Kier alpha value is -0.860. The normalized spacial score (nSPS) is 19.0. The fourth-order valence-corrected chi connectivity index (χ4v) is 2.08. The van der Waals surface area contributed by atoms with E-state index in [0.29, 0.717) is 12.6 Å². The summed E-state index contributed by atoms with van der Waals surface area (Å²) in [4.78, 5) is 0. The number of nitrogens with one attached hydrogen (secondary N) is 1. The minimum atomic E-state index is -0.713. The summed E-state index contributed by atoms with van der Waals surface area (Å²) in [7, 11) is 0. The summed E-state index contributed by atoms with van der Waals surface area (Å²) in [6.07, 6.45) is 4.31. The van der Waals surface area contributed by atoms with Gasteiger partial charge in [-0.2, -0.15) is 0 Å². The van der Waals surface area contributed by atoms with Crippen LogP contribution in [0.25, 0.3) is 0 Å². The van der Waals surface area contributed by atoms with Crippen LogP contribution in [0, 0.1) is 0 Å². The first-order chi connectivity index (χ1) is 8.18. The molecule has 17 heavy (non-hydrogen) atoms. The van der Waals surface area contributed by atoms with Crippen molar-refractivity contribution in [2.45, 2.75) is 51.2 Å². The first-order valence-corrected chi connectivity index (χ1v) is 6.73. The molecule has 1 unspecified atom stereocenters. The Morgan fingerprint density at radius 2 is 1.88 bits per heavy atom. The molecule has 0 heterocycles. The average Bonchev–Trinajstić information content (AvgIpc) is 3.20. The Balaban J connectivity index is 2.07. The third kappa shape index (κ3) is 3.08. The third-order valence-electron chi connectivity index (χ3n) is 3.74. The molecule has 0 radical (unpaired) electrons. The second-order valence-electron chi connectivity index (χ2n) is 5.09. The van der Waals surface area contributed by atoms with Gasteiger partial charge in [-0.1, -0.05) is 38.1 Å². The highest BCUT2D eigenvalue weighted by Crippen LogP contribution is 2.27. The predicted octanol–water partition coefficient (Wildman–Crippen LogP) is 2.60. The summed E-state index contributed by atoms with van der Waals surface area (Å²) in [5.74, 6) is 0. The van der Waals surface area contributed by atoms with Crippen LogP contribution in [0.5, 0.6) is 0 Å². The van der Waals surface area contributed by atoms with Gasteiger partial charge in [-0.25, -0.2) is 0 Å². The summed E-state index contributed by atoms with van der Waals surface area (Å²) in [6.45, 7) is 4.86. The van der Waals surface area contributed by atoms with E-state index in [1.54, 1.807) is 0 Å². The van der Waals surface area contributed by atoms with Crippen molar-refractivity contribution in [2.24, 2.45) is 0 Å². The van der Waals surface area contributed by atoms with Gasteiger partial charge in [0.1, 0.15) is 5.60 Å². The first-order valence-electron chi connectivity index (χ1n) is 6.73. The van der Waals surface area contributed by atoms with Gasteiger partial charge >= 0.3 is 0 Å². The van der Waals surface area contributed by atoms with Crippen molar-refractivity contribution in [1.82, 2.24) is 5.32 Å². The van der Waals surface area contributed by atoms with Crippen molar-refractivity contribution in [3.05, 3.63) is 35.4 Å². The monoisotopic (exact) mass is 233 g/mol. The molecule has 1 fully saturated rings. The molecular formula is C15H23NO. The summed E-state index contributed by atoms with van der Waals surface area (Å²) >= 11 is 0. The number of hydrogen-bond donors (Lipinski definition) is 2. The molecule has 0 amide bonds. The molecule has 0 spiro atoms. The lowest BCUT2D eigenvalue weighted by molar-refractivity contribution is 0.0323. The van der Waals surface area contributed by atoms with Gasteiger partial charge in [0.15, 0.2) is 0 Å². The van der Waals surface area contributed by atoms with Crippen LogP contribution in [-0.4, -0.2) is 17.7 Å². The molecule has 1 aliphatic carbocycles. The number of benzene rings is 1. The van der Waals surface area contributed by atoms with E-state index in [1.165, 1.54) is 18.4 Å². The van der Waals surface area contributed by atoms with E-state index in [1.807, 2.05) is 6.92 Å². The quantitative estimate of drug-likeness (QED) is 0.791. The standard InChI is InChI=1S/C15H23NO/c1-3-12-5-7-13(8-6-12)15(17,4-2)11-16-14-9-10-14/h5-8,14,16-17H,3-4,9-11H2,1-2H3. The maximum atomic E-state index is 10.7. The van der Waals surface area contributed by atoms with Crippen molar-refractivity contribution in [3.63, 3.8) is 0 Å². The Labute approximate surface area is 104 Å². The van der Waals surface area contributed by atoms with Crippen LogP contribution in [0.3, 0.4) is 0 Å². The molecule has 94 valence electrons. The van der Waals surface area contributed by atoms with E-state index in [0.717, 1.165) is 18.4 Å². The molecular weight excluding hydrogens is 210 g/mol. The molecule has 0 bridgehead atoms. The summed E-state index contributed by atoms with van der Waals surface area (Å²) in [5, 5.41) is 14.1. The molecule has 0 saturated heterocycles. The van der Waals surface area contributed by atoms with E-state index in [-0.39, 0.29) is 0 Å². The van der Waals surface area contributed by atoms with Crippen LogP contribution in [-0.2, 0) is 12.0 Å². The lowest BCUT2D eigenvalue weighted by Gasteiger charge is -2.28. The maximum Gasteiger partial charge on any atom is 0.102 e. The first kappa shape index (κ1) is 12.6. The Morgan fingerprint density at radius 1 is 1.24 bits per heavy atom. The smallest absolute Gasteiger partial charge is 0.102 e. The van der Waals surface area contributed by atoms with Crippen molar-refractivity contribution in [1.29, 1.82) is 0 Å². The van der Waals surface area contributed by atoms with Gasteiger partial charge in [-0.15, -0.1) is 0 Å². The fourth-order valence-electron chi connectivity index (χ4n) is 2.08. The molecule has 0 aromatic heterocycles. The predicted molar refractivity (Wildman–Crippen MR) is 71.0 cm³/mol. The van der Waals surface area contributed by atoms with Gasteiger partial charge in [0, 0.05) is 12.6 Å². The lowest BCUT2D eigenvalue weighted by atomic mass is 9.90. The summed E-state index contributed by atoms with van der Waals surface area (Å²) < 4.78 is 0. The van der Waals surface area contributed by atoms with Crippen molar-refractivity contribution < 1.29 is 5.11 Å². The molecule has 1 aromatic carbocycles. The molecule has 1 aromatic rings. The topological polar surface area (TPSA) is 32.3 Å². The molecule has 2 nitrogen and oxygen atoms in total. The second kappa shape index (κ2) is 5.19. The van der Waals surface area contributed by atoms with Crippen LogP contribution in [0.15, 0.2) is 24.3 Å². The molecule has 1 atom stereocenters. The highest BCUT2D eigenvalue weighted by Gasteiger charge is 2.30. The van der Waals surface area contributed by atoms with Gasteiger partial charge < -0.3 is 10.4 Å². The Bertz CT molecular complexity index is 356. The molecule has 1 aliphatic rings. The molecule has 2 heteroatoms. The summed E-state index contributed by atoms with van der Waals surface area (Å²) in [6, 6.07) is 9.01. The van der Waals surface area contributed by atoms with E-state index < -0.39 is 5.60 Å². The van der Waals surface area contributed by atoms with Crippen LogP contribution >= 0.6 is 0 Å². The SMILES string of the molecule is CCc1ccc(C(O)(CC)CNC2CC2)cc1. The minimum absolute atomic E-state index is 0.642. The van der Waals surface area contributed by atoms with Crippen molar-refractivity contribution >= 4 is 0 Å². The van der Waals surface area contributed by atoms with Crippen molar-refractivity contribution in [3.8, 4) is 0 Å². The average molecular weight is 233 g/mol. The van der Waals surface area contributed by atoms with E-state index >= 15 is 0 Å². The second-order valence-corrected chi connectivity index (χ2v) is 5.09. The summed E-state index contributed by atoms with van der Waals surface area (Å²) in [5.41, 5.74) is 1.64. The maximum absolute atomic E-state index is 10.7. The highest BCUT2D eigenvalue weighted by atomic mass is 16.3. The largest absolute Gasteiger partial charge is 0.384 e. The number of aryl methyl sites for hydroxylation is 1. The number of aliphatic hydroxyl groups is 1. The fraction of sp³-hybridized carbons (Fsp3) is 0.600. The zero-order chi connectivity index (χ0) is 12.3. The molecule has 1 saturated carbocycles. The number of rotatable bonds is 6. The highest BCUT2D eigenvalue weighted by molar-refractivity contribution is 5.27. The Morgan fingerprint density at radius 3 is 2.35 bits per heavy atom. The lowest BCUT2D eigenvalue weighted by Crippen LogP contribution is -2.38. The van der Waals surface area contributed by atoms with Gasteiger partial charge in [-0.3, -0.25) is 0 Å². The van der Waals surface area contributed by atoms with Crippen molar-refractivity contribution in [2.75, 3.05) is 6.54 Å². The van der Waals surface area contributed by atoms with Gasteiger partial charge in [0.2, 0.25) is 0 Å². The van der Waals surface area contributed by atoms with E-state index in [9.17, 15) is 5.11 Å². The third-order valence-corrected chi connectivity index (χ3v) is 3.74. The molecule has 2 rings (SSSR count). The van der Waals surface area contributed by atoms with Crippen LogP contribution in [0.1, 0.15) is 44.2 Å². The van der Waals surface area contributed by atoms with Crippen LogP contribution < -0.4 is 5.32 Å². The molecule has 0 aliphatic heterocycles.